The van der Waals surface area contributed by atoms with Gasteiger partial charge in [0.2, 0.25) is 0 Å². The third-order valence-electron chi connectivity index (χ3n) is 2.22. The summed E-state index contributed by atoms with van der Waals surface area (Å²) in [7, 11) is 0. The molecule has 1 unspecified atom stereocenters. The zero-order valence-electron chi connectivity index (χ0n) is 9.09. The highest BCUT2D eigenvalue weighted by atomic mass is 19.1. The lowest BCUT2D eigenvalue weighted by atomic mass is 10.0. The summed E-state index contributed by atoms with van der Waals surface area (Å²) in [5.41, 5.74) is 0.666. The number of alkyl halides is 1. The second-order valence-electron chi connectivity index (χ2n) is 3.59. The van der Waals surface area contributed by atoms with E-state index >= 15 is 0 Å². The van der Waals surface area contributed by atoms with Crippen LogP contribution in [-0.2, 0) is 0 Å². The van der Waals surface area contributed by atoms with Gasteiger partial charge in [-0.2, -0.15) is 0 Å². The van der Waals surface area contributed by atoms with Gasteiger partial charge in [-0.25, -0.2) is 4.39 Å². The monoisotopic (exact) mass is 214 g/mol. The molecule has 0 bridgehead atoms. The van der Waals surface area contributed by atoms with Crippen molar-refractivity contribution in [3.63, 3.8) is 0 Å². The van der Waals surface area contributed by atoms with E-state index in [1.165, 1.54) is 6.07 Å². The van der Waals surface area contributed by atoms with E-state index in [4.69, 9.17) is 4.74 Å². The van der Waals surface area contributed by atoms with Crippen LogP contribution in [0.2, 0.25) is 0 Å². The van der Waals surface area contributed by atoms with Gasteiger partial charge < -0.3 is 4.74 Å². The average Bonchev–Trinajstić information content (AvgIpc) is 2.26. The summed E-state index contributed by atoms with van der Waals surface area (Å²) in [4.78, 5) is 0. The minimum absolute atomic E-state index is 0.242. The van der Waals surface area contributed by atoms with Gasteiger partial charge in [0.1, 0.15) is 0 Å². The van der Waals surface area contributed by atoms with Crippen molar-refractivity contribution in [3.05, 3.63) is 29.6 Å². The standard InChI is InChI=1S/C12H16F2O/c1-3-6-15-12-5-4-10(7-11(12)14)9(2)8-13/h4-5,7,9H,3,6,8H2,1-2H3. The highest BCUT2D eigenvalue weighted by Gasteiger charge is 2.09. The van der Waals surface area contributed by atoms with E-state index in [9.17, 15) is 8.78 Å². The van der Waals surface area contributed by atoms with Gasteiger partial charge in [0.25, 0.3) is 0 Å². The van der Waals surface area contributed by atoms with Gasteiger partial charge in [0, 0.05) is 5.92 Å². The molecule has 15 heavy (non-hydrogen) atoms. The van der Waals surface area contributed by atoms with Crippen LogP contribution in [-0.4, -0.2) is 13.3 Å². The fourth-order valence-electron chi connectivity index (χ4n) is 1.24. The Hall–Kier alpha value is -1.12. The van der Waals surface area contributed by atoms with Crippen molar-refractivity contribution >= 4 is 0 Å². The Morgan fingerprint density at radius 3 is 2.67 bits per heavy atom. The summed E-state index contributed by atoms with van der Waals surface area (Å²) in [5, 5.41) is 0. The van der Waals surface area contributed by atoms with E-state index < -0.39 is 12.5 Å². The summed E-state index contributed by atoms with van der Waals surface area (Å²) in [6.45, 7) is 3.70. The Balaban J connectivity index is 2.78. The molecule has 0 aliphatic carbocycles. The Morgan fingerprint density at radius 2 is 2.13 bits per heavy atom. The molecule has 0 spiro atoms. The SMILES string of the molecule is CCCOc1ccc(C(C)CF)cc1F. The highest BCUT2D eigenvalue weighted by molar-refractivity contribution is 5.31. The maximum atomic E-state index is 13.4. The van der Waals surface area contributed by atoms with Crippen LogP contribution in [0.5, 0.6) is 5.75 Å². The first kappa shape index (κ1) is 12.0. The van der Waals surface area contributed by atoms with Gasteiger partial charge in [-0.15, -0.1) is 0 Å². The molecule has 0 saturated carbocycles. The van der Waals surface area contributed by atoms with Crippen molar-refractivity contribution in [1.29, 1.82) is 0 Å². The fraction of sp³-hybridized carbons (Fsp3) is 0.500. The Bertz CT molecular complexity index is 312. The molecule has 3 heteroatoms. The van der Waals surface area contributed by atoms with Crippen molar-refractivity contribution < 1.29 is 13.5 Å². The van der Waals surface area contributed by atoms with Gasteiger partial charge in [0.05, 0.1) is 13.3 Å². The predicted octanol–water partition coefficient (Wildman–Crippen LogP) is 3.69. The molecule has 0 heterocycles. The maximum absolute atomic E-state index is 13.4. The number of ether oxygens (including phenoxy) is 1. The Kier molecular flexibility index (Phi) is 4.53. The van der Waals surface area contributed by atoms with Crippen LogP contribution >= 0.6 is 0 Å². The molecule has 0 fully saturated rings. The molecular weight excluding hydrogens is 198 g/mol. The van der Waals surface area contributed by atoms with Gasteiger partial charge in [-0.3, -0.25) is 4.39 Å². The Labute approximate surface area is 89.1 Å². The first-order valence-corrected chi connectivity index (χ1v) is 5.17. The molecule has 1 rings (SSSR count). The normalized spacial score (nSPS) is 12.5. The third-order valence-corrected chi connectivity index (χ3v) is 2.22. The van der Waals surface area contributed by atoms with Crippen LogP contribution in [0, 0.1) is 5.82 Å². The topological polar surface area (TPSA) is 9.23 Å². The lowest BCUT2D eigenvalue weighted by Crippen LogP contribution is -2.00. The smallest absolute Gasteiger partial charge is 0.165 e. The molecular formula is C12H16F2O. The zero-order chi connectivity index (χ0) is 11.3. The van der Waals surface area contributed by atoms with Crippen molar-refractivity contribution in [3.8, 4) is 5.75 Å². The van der Waals surface area contributed by atoms with Crippen LogP contribution in [0.25, 0.3) is 0 Å². The molecule has 0 aromatic heterocycles. The number of halogens is 2. The van der Waals surface area contributed by atoms with E-state index in [1.54, 1.807) is 19.1 Å². The van der Waals surface area contributed by atoms with Crippen LogP contribution in [0.1, 0.15) is 31.7 Å². The lowest BCUT2D eigenvalue weighted by Gasteiger charge is -2.10. The second kappa shape index (κ2) is 5.69. The summed E-state index contributed by atoms with van der Waals surface area (Å²) in [6.07, 6.45) is 0.835. The molecule has 0 N–H and O–H groups in total. The van der Waals surface area contributed by atoms with Crippen LogP contribution < -0.4 is 4.74 Å². The van der Waals surface area contributed by atoms with Gasteiger partial charge in [-0.05, 0) is 24.1 Å². The van der Waals surface area contributed by atoms with Crippen LogP contribution in [0.3, 0.4) is 0 Å². The summed E-state index contributed by atoms with van der Waals surface area (Å²) < 4.78 is 31.0. The van der Waals surface area contributed by atoms with E-state index in [0.29, 0.717) is 12.2 Å². The second-order valence-corrected chi connectivity index (χ2v) is 3.59. The lowest BCUT2D eigenvalue weighted by molar-refractivity contribution is 0.301. The molecule has 0 radical (unpaired) electrons. The number of hydrogen-bond acceptors (Lipinski definition) is 1. The average molecular weight is 214 g/mol. The molecule has 1 aromatic carbocycles. The van der Waals surface area contributed by atoms with Crippen LogP contribution in [0.15, 0.2) is 18.2 Å². The molecule has 1 atom stereocenters. The summed E-state index contributed by atoms with van der Waals surface area (Å²) in [5.74, 6) is -0.437. The van der Waals surface area contributed by atoms with Crippen molar-refractivity contribution in [2.24, 2.45) is 0 Å². The van der Waals surface area contributed by atoms with E-state index in [1.807, 2.05) is 6.92 Å². The largest absolute Gasteiger partial charge is 0.491 e. The van der Waals surface area contributed by atoms with Crippen LogP contribution in [0.4, 0.5) is 8.78 Å². The maximum Gasteiger partial charge on any atom is 0.165 e. The first-order chi connectivity index (χ1) is 7.19. The highest BCUT2D eigenvalue weighted by Crippen LogP contribution is 2.23. The van der Waals surface area contributed by atoms with E-state index in [2.05, 4.69) is 0 Å². The van der Waals surface area contributed by atoms with E-state index in [-0.39, 0.29) is 11.7 Å². The van der Waals surface area contributed by atoms with Crippen molar-refractivity contribution in [1.82, 2.24) is 0 Å². The number of rotatable bonds is 5. The van der Waals surface area contributed by atoms with E-state index in [0.717, 1.165) is 6.42 Å². The molecule has 84 valence electrons. The van der Waals surface area contributed by atoms with Gasteiger partial charge >= 0.3 is 0 Å². The predicted molar refractivity (Wildman–Crippen MR) is 56.6 cm³/mol. The van der Waals surface area contributed by atoms with Crippen molar-refractivity contribution in [2.45, 2.75) is 26.2 Å². The zero-order valence-corrected chi connectivity index (χ0v) is 9.09. The summed E-state index contributed by atoms with van der Waals surface area (Å²) >= 11 is 0. The molecule has 0 aliphatic rings. The molecule has 0 amide bonds. The minimum atomic E-state index is -0.478. The van der Waals surface area contributed by atoms with Gasteiger partial charge in [-0.1, -0.05) is 19.9 Å². The van der Waals surface area contributed by atoms with Crippen molar-refractivity contribution in [2.75, 3.05) is 13.3 Å². The summed E-state index contributed by atoms with van der Waals surface area (Å²) in [6, 6.07) is 4.61. The third kappa shape index (κ3) is 3.18. The number of hydrogen-bond donors (Lipinski definition) is 0. The molecule has 1 aromatic rings. The minimum Gasteiger partial charge on any atom is -0.491 e. The van der Waals surface area contributed by atoms with Gasteiger partial charge in [0.15, 0.2) is 11.6 Å². The number of benzene rings is 1. The molecule has 0 saturated heterocycles. The fourth-order valence-corrected chi connectivity index (χ4v) is 1.24. The first-order valence-electron chi connectivity index (χ1n) is 5.17. The quantitative estimate of drug-likeness (QED) is 0.726. The Morgan fingerprint density at radius 1 is 1.40 bits per heavy atom. The molecule has 1 nitrogen and oxygen atoms in total. The molecule has 0 aliphatic heterocycles.